The minimum absolute atomic E-state index is 0.0860. The second kappa shape index (κ2) is 5.95. The van der Waals surface area contributed by atoms with Crippen molar-refractivity contribution in [3.05, 3.63) is 29.1 Å². The van der Waals surface area contributed by atoms with E-state index >= 15 is 0 Å². The van der Waals surface area contributed by atoms with E-state index in [2.05, 4.69) is 37.1 Å². The lowest BCUT2D eigenvalue weighted by Gasteiger charge is -2.52. The molecule has 27 heavy (non-hydrogen) atoms. The molecule has 3 saturated heterocycles. The van der Waals surface area contributed by atoms with Crippen molar-refractivity contribution < 1.29 is 9.53 Å². The summed E-state index contributed by atoms with van der Waals surface area (Å²) in [7, 11) is 0. The lowest BCUT2D eigenvalue weighted by atomic mass is 9.77. The maximum Gasteiger partial charge on any atom is 0.261 e. The topological polar surface area (TPSA) is 41.6 Å². The molecule has 2 bridgehead atoms. The van der Waals surface area contributed by atoms with E-state index < -0.39 is 0 Å². The summed E-state index contributed by atoms with van der Waals surface area (Å²) in [4.78, 5) is 16.5. The van der Waals surface area contributed by atoms with E-state index in [1.807, 2.05) is 18.2 Å². The van der Waals surface area contributed by atoms with Gasteiger partial charge in [0.05, 0.1) is 15.6 Å². The third-order valence-electron chi connectivity index (χ3n) is 6.42. The normalized spacial score (nSPS) is 28.5. The van der Waals surface area contributed by atoms with Crippen molar-refractivity contribution in [3.8, 4) is 5.75 Å². The highest BCUT2D eigenvalue weighted by Gasteiger charge is 2.60. The molecule has 1 aromatic heterocycles. The van der Waals surface area contributed by atoms with Gasteiger partial charge in [-0.1, -0.05) is 12.1 Å². The molecule has 4 fully saturated rings. The number of piperidine rings is 3. The zero-order valence-corrected chi connectivity index (χ0v) is 17.2. The molecule has 4 heterocycles. The Hall–Kier alpha value is -1.59. The van der Waals surface area contributed by atoms with Crippen molar-refractivity contribution in [1.82, 2.24) is 10.2 Å². The third kappa shape index (κ3) is 2.95. The lowest BCUT2D eigenvalue weighted by Crippen LogP contribution is -2.65. The fourth-order valence-corrected chi connectivity index (χ4v) is 6.10. The van der Waals surface area contributed by atoms with Crippen LogP contribution in [0.1, 0.15) is 56.1 Å². The molecule has 4 aliphatic rings. The van der Waals surface area contributed by atoms with Gasteiger partial charge in [-0.05, 0) is 83.0 Å². The minimum atomic E-state index is -0.255. The molecular weight excluding hydrogens is 356 g/mol. The molecule has 3 aliphatic heterocycles. The van der Waals surface area contributed by atoms with Crippen LogP contribution in [0.3, 0.4) is 0 Å². The summed E-state index contributed by atoms with van der Waals surface area (Å²) in [5, 5.41) is 4.52. The summed E-state index contributed by atoms with van der Waals surface area (Å²) in [6.45, 7) is 8.58. The SMILES string of the molecule is CC(C)(C)Oc1cccc2cc(C(=O)NC3C4CCN(CC4)C34CC4)sc12. The molecule has 1 aromatic carbocycles. The summed E-state index contributed by atoms with van der Waals surface area (Å²) in [6.07, 6.45) is 4.93. The van der Waals surface area contributed by atoms with E-state index in [4.69, 9.17) is 4.74 Å². The van der Waals surface area contributed by atoms with Gasteiger partial charge < -0.3 is 10.1 Å². The molecule has 144 valence electrons. The smallest absolute Gasteiger partial charge is 0.261 e. The molecule has 4 nitrogen and oxygen atoms in total. The lowest BCUT2D eigenvalue weighted by molar-refractivity contribution is -0.00138. The second-order valence-electron chi connectivity index (χ2n) is 9.38. The van der Waals surface area contributed by atoms with Crippen LogP contribution in [0.2, 0.25) is 0 Å². The van der Waals surface area contributed by atoms with Crippen LogP contribution in [0.15, 0.2) is 24.3 Å². The van der Waals surface area contributed by atoms with Gasteiger partial charge in [0.25, 0.3) is 5.91 Å². The van der Waals surface area contributed by atoms with E-state index in [0.29, 0.717) is 12.0 Å². The Kier molecular flexibility index (Phi) is 3.86. The van der Waals surface area contributed by atoms with Gasteiger partial charge >= 0.3 is 0 Å². The van der Waals surface area contributed by atoms with E-state index in [-0.39, 0.29) is 17.0 Å². The first-order valence-corrected chi connectivity index (χ1v) is 10.9. The number of ether oxygens (including phenoxy) is 1. The summed E-state index contributed by atoms with van der Waals surface area (Å²) < 4.78 is 7.18. The molecule has 1 amide bonds. The van der Waals surface area contributed by atoms with Crippen molar-refractivity contribution in [1.29, 1.82) is 0 Å². The summed E-state index contributed by atoms with van der Waals surface area (Å²) in [6, 6.07) is 8.41. The van der Waals surface area contributed by atoms with Gasteiger partial charge in [-0.2, -0.15) is 0 Å². The van der Waals surface area contributed by atoms with Crippen LogP contribution >= 0.6 is 11.3 Å². The monoisotopic (exact) mass is 384 g/mol. The van der Waals surface area contributed by atoms with Gasteiger partial charge in [0.2, 0.25) is 0 Å². The van der Waals surface area contributed by atoms with Crippen LogP contribution < -0.4 is 10.1 Å². The Bertz CT molecular complexity index is 885. The van der Waals surface area contributed by atoms with E-state index in [1.165, 1.54) is 38.8 Å². The largest absolute Gasteiger partial charge is 0.487 e. The predicted molar refractivity (Wildman–Crippen MR) is 110 cm³/mol. The first-order valence-electron chi connectivity index (χ1n) is 10.1. The Morgan fingerprint density at radius 2 is 2.00 bits per heavy atom. The maximum atomic E-state index is 13.1. The fraction of sp³-hybridized carbons (Fsp3) is 0.591. The summed E-state index contributed by atoms with van der Waals surface area (Å²) >= 11 is 1.55. The van der Waals surface area contributed by atoms with Crippen molar-refractivity contribution in [2.24, 2.45) is 5.92 Å². The van der Waals surface area contributed by atoms with Crippen LogP contribution in [0.4, 0.5) is 0 Å². The molecular formula is C22H28N2O2S. The van der Waals surface area contributed by atoms with Crippen LogP contribution in [0, 0.1) is 5.92 Å². The number of benzene rings is 1. The molecule has 1 spiro atoms. The zero-order valence-electron chi connectivity index (χ0n) is 16.4. The summed E-state index contributed by atoms with van der Waals surface area (Å²) in [5.41, 5.74) is 0.0167. The number of hydrogen-bond donors (Lipinski definition) is 1. The number of rotatable bonds is 3. The maximum absolute atomic E-state index is 13.1. The van der Waals surface area contributed by atoms with Crippen molar-refractivity contribution in [3.63, 3.8) is 0 Å². The predicted octanol–water partition coefficient (Wildman–Crippen LogP) is 4.44. The van der Waals surface area contributed by atoms with Gasteiger partial charge in [-0.15, -0.1) is 11.3 Å². The molecule has 1 atom stereocenters. The highest BCUT2D eigenvalue weighted by molar-refractivity contribution is 7.21. The number of amides is 1. The average molecular weight is 385 g/mol. The van der Waals surface area contributed by atoms with E-state index in [9.17, 15) is 4.79 Å². The number of carbonyl (C=O) groups is 1. The number of carbonyl (C=O) groups excluding carboxylic acids is 1. The van der Waals surface area contributed by atoms with Gasteiger partial charge in [0.15, 0.2) is 0 Å². The molecule has 6 rings (SSSR count). The average Bonchev–Trinajstić information content (AvgIpc) is 3.26. The molecule has 0 radical (unpaired) electrons. The van der Waals surface area contributed by atoms with Crippen molar-refractivity contribution >= 4 is 27.3 Å². The van der Waals surface area contributed by atoms with Crippen LogP contribution in [-0.4, -0.2) is 41.1 Å². The van der Waals surface area contributed by atoms with E-state index in [0.717, 1.165) is 20.7 Å². The van der Waals surface area contributed by atoms with Crippen LogP contribution in [-0.2, 0) is 0 Å². The number of hydrogen-bond acceptors (Lipinski definition) is 4. The first-order chi connectivity index (χ1) is 12.9. The van der Waals surface area contributed by atoms with Crippen molar-refractivity contribution in [2.75, 3.05) is 13.1 Å². The highest BCUT2D eigenvalue weighted by atomic mass is 32.1. The van der Waals surface area contributed by atoms with Gasteiger partial charge in [-0.25, -0.2) is 0 Å². The third-order valence-corrected chi connectivity index (χ3v) is 7.58. The van der Waals surface area contributed by atoms with Gasteiger partial charge in [0.1, 0.15) is 11.4 Å². The van der Waals surface area contributed by atoms with Crippen LogP contribution in [0.25, 0.3) is 10.1 Å². The zero-order chi connectivity index (χ0) is 18.8. The number of fused-ring (bicyclic) bond motifs is 3. The Balaban J connectivity index is 1.41. The van der Waals surface area contributed by atoms with Crippen molar-refractivity contribution in [2.45, 2.75) is 63.6 Å². The Labute approximate surface area is 164 Å². The van der Waals surface area contributed by atoms with Crippen LogP contribution in [0.5, 0.6) is 5.75 Å². The second-order valence-corrected chi connectivity index (χ2v) is 10.4. The molecule has 2 aromatic rings. The highest BCUT2D eigenvalue weighted by Crippen LogP contribution is 2.53. The molecule has 1 saturated carbocycles. The first kappa shape index (κ1) is 17.5. The Morgan fingerprint density at radius 1 is 1.26 bits per heavy atom. The Morgan fingerprint density at radius 3 is 2.67 bits per heavy atom. The standard InChI is InChI=1S/C22H28N2O2S/c1-21(2,3)26-16-6-4-5-15-13-17(27-18(15)16)20(25)23-19-14-7-11-24(12-8-14)22(19)9-10-22/h4-6,13-14,19H,7-12H2,1-3H3,(H,23,25). The minimum Gasteiger partial charge on any atom is -0.487 e. The molecule has 1 unspecified atom stereocenters. The number of thiophene rings is 1. The van der Waals surface area contributed by atoms with Gasteiger partial charge in [0, 0.05) is 5.54 Å². The number of nitrogens with one attached hydrogen (secondary N) is 1. The quantitative estimate of drug-likeness (QED) is 0.851. The number of nitrogens with zero attached hydrogens (tertiary/aromatic N) is 1. The summed E-state index contributed by atoms with van der Waals surface area (Å²) in [5.74, 6) is 1.60. The molecule has 1 aliphatic carbocycles. The van der Waals surface area contributed by atoms with E-state index in [1.54, 1.807) is 11.3 Å². The fourth-order valence-electron chi connectivity index (χ4n) is 5.09. The molecule has 1 N–H and O–H groups in total. The van der Waals surface area contributed by atoms with Gasteiger partial charge in [-0.3, -0.25) is 9.69 Å². The molecule has 5 heteroatoms.